The van der Waals surface area contributed by atoms with Gasteiger partial charge >= 0.3 is 0 Å². The third-order valence-corrected chi connectivity index (χ3v) is 6.15. The Bertz CT molecular complexity index is 1090. The molecule has 0 radical (unpaired) electrons. The number of nitrogens with one attached hydrogen (secondary N) is 2. The number of para-hydroxylation sites is 1. The van der Waals surface area contributed by atoms with E-state index in [4.69, 9.17) is 12.2 Å². The van der Waals surface area contributed by atoms with Crippen molar-refractivity contribution in [3.63, 3.8) is 0 Å². The van der Waals surface area contributed by atoms with E-state index in [1.807, 2.05) is 42.5 Å². The molecule has 2 N–H and O–H groups in total. The van der Waals surface area contributed by atoms with E-state index < -0.39 is 0 Å². The molecule has 1 aromatic heterocycles. The van der Waals surface area contributed by atoms with Crippen LogP contribution >= 0.6 is 12.2 Å². The number of nitrogens with zero attached hydrogens (tertiary/aromatic N) is 2. The Morgan fingerprint density at radius 3 is 2.35 bits per heavy atom. The second-order valence-corrected chi connectivity index (χ2v) is 8.28. The van der Waals surface area contributed by atoms with Crippen LogP contribution in [0.15, 0.2) is 53.3 Å². The summed E-state index contributed by atoms with van der Waals surface area (Å²) in [5, 5.41) is 4.99. The lowest BCUT2D eigenvalue weighted by Crippen LogP contribution is -2.41. The van der Waals surface area contributed by atoms with Crippen LogP contribution in [0.1, 0.15) is 30.5 Å². The van der Waals surface area contributed by atoms with Crippen LogP contribution in [0.2, 0.25) is 0 Å². The summed E-state index contributed by atoms with van der Waals surface area (Å²) < 4.78 is 0. The molecule has 0 aliphatic heterocycles. The number of pyridine rings is 1. The van der Waals surface area contributed by atoms with Crippen LogP contribution in [0.5, 0.6) is 0 Å². The maximum Gasteiger partial charge on any atom is 0.253 e. The Labute approximate surface area is 190 Å². The van der Waals surface area contributed by atoms with E-state index in [1.165, 1.54) is 11.1 Å². The van der Waals surface area contributed by atoms with Gasteiger partial charge in [0.25, 0.3) is 5.56 Å². The SMILES string of the molecule is CCN(CC)CCN(Cc1cc2cc(C)c(C)cc2[nH]c1=O)C(=S)Nc1ccccc1. The molecular formula is C25H32N4OS. The first kappa shape index (κ1) is 23.0. The Morgan fingerprint density at radius 2 is 1.68 bits per heavy atom. The van der Waals surface area contributed by atoms with Crippen molar-refractivity contribution in [3.8, 4) is 0 Å². The molecule has 0 fully saturated rings. The summed E-state index contributed by atoms with van der Waals surface area (Å²) in [6, 6.07) is 16.1. The summed E-state index contributed by atoms with van der Waals surface area (Å²) in [6.07, 6.45) is 0. The van der Waals surface area contributed by atoms with Gasteiger partial charge in [0.1, 0.15) is 0 Å². The van der Waals surface area contributed by atoms with Gasteiger partial charge in [0.05, 0.1) is 6.54 Å². The zero-order valence-electron chi connectivity index (χ0n) is 18.9. The van der Waals surface area contributed by atoms with Gasteiger partial charge in [-0.15, -0.1) is 0 Å². The summed E-state index contributed by atoms with van der Waals surface area (Å²) in [4.78, 5) is 20.3. The summed E-state index contributed by atoms with van der Waals surface area (Å²) in [5.74, 6) is 0. The quantitative estimate of drug-likeness (QED) is 0.502. The molecule has 0 aliphatic rings. The van der Waals surface area contributed by atoms with Crippen molar-refractivity contribution in [1.82, 2.24) is 14.8 Å². The van der Waals surface area contributed by atoms with Crippen LogP contribution in [0.4, 0.5) is 5.69 Å². The standard InChI is InChI=1S/C25H32N4OS/c1-5-28(6-2)12-13-29(25(31)26-22-10-8-7-9-11-22)17-21-16-20-14-18(3)19(4)15-23(20)27-24(21)30/h7-11,14-16H,5-6,12-13,17H2,1-4H3,(H,26,31)(H,27,30). The van der Waals surface area contributed by atoms with Crippen LogP contribution in [0, 0.1) is 13.8 Å². The lowest BCUT2D eigenvalue weighted by Gasteiger charge is -2.29. The zero-order valence-corrected chi connectivity index (χ0v) is 19.7. The molecule has 0 bridgehead atoms. The summed E-state index contributed by atoms with van der Waals surface area (Å²) in [6.45, 7) is 12.5. The molecule has 0 amide bonds. The average Bonchev–Trinajstić information content (AvgIpc) is 2.76. The molecule has 0 spiro atoms. The monoisotopic (exact) mass is 436 g/mol. The lowest BCUT2D eigenvalue weighted by molar-refractivity contribution is 0.266. The number of thiocarbonyl (C=S) groups is 1. The Morgan fingerprint density at radius 1 is 1.00 bits per heavy atom. The molecule has 0 unspecified atom stereocenters. The molecule has 0 saturated carbocycles. The maximum absolute atomic E-state index is 12.8. The minimum Gasteiger partial charge on any atom is -0.343 e. The minimum absolute atomic E-state index is 0.0638. The number of rotatable bonds is 8. The highest BCUT2D eigenvalue weighted by Gasteiger charge is 2.15. The van der Waals surface area contributed by atoms with Gasteiger partial charge in [0, 0.05) is 29.9 Å². The van der Waals surface area contributed by atoms with Crippen molar-refractivity contribution in [3.05, 3.63) is 75.6 Å². The number of hydrogen-bond donors (Lipinski definition) is 2. The van der Waals surface area contributed by atoms with Gasteiger partial charge in [-0.3, -0.25) is 4.79 Å². The number of hydrogen-bond acceptors (Lipinski definition) is 3. The van der Waals surface area contributed by atoms with Crippen molar-refractivity contribution in [2.24, 2.45) is 0 Å². The molecule has 3 aromatic rings. The van der Waals surface area contributed by atoms with Crippen LogP contribution in [0.3, 0.4) is 0 Å². The van der Waals surface area contributed by atoms with E-state index in [9.17, 15) is 4.79 Å². The highest BCUT2D eigenvalue weighted by molar-refractivity contribution is 7.80. The molecule has 164 valence electrons. The van der Waals surface area contributed by atoms with Gasteiger partial charge in [-0.25, -0.2) is 0 Å². The lowest BCUT2D eigenvalue weighted by atomic mass is 10.0. The molecule has 0 atom stereocenters. The van der Waals surface area contributed by atoms with E-state index in [0.717, 1.165) is 42.8 Å². The third-order valence-electron chi connectivity index (χ3n) is 5.79. The summed E-state index contributed by atoms with van der Waals surface area (Å²) in [7, 11) is 0. The molecule has 5 nitrogen and oxygen atoms in total. The first-order chi connectivity index (χ1) is 14.9. The largest absolute Gasteiger partial charge is 0.343 e. The number of H-pyrrole nitrogens is 1. The van der Waals surface area contributed by atoms with Crippen LogP contribution in [-0.4, -0.2) is 46.1 Å². The average molecular weight is 437 g/mol. The molecule has 0 saturated heterocycles. The summed E-state index contributed by atoms with van der Waals surface area (Å²) in [5.41, 5.74) is 4.85. The molecule has 31 heavy (non-hydrogen) atoms. The summed E-state index contributed by atoms with van der Waals surface area (Å²) >= 11 is 5.74. The van der Waals surface area contributed by atoms with E-state index in [0.29, 0.717) is 17.2 Å². The van der Waals surface area contributed by atoms with Crippen LogP contribution in [0.25, 0.3) is 10.9 Å². The molecule has 0 aliphatic carbocycles. The van der Waals surface area contributed by atoms with Gasteiger partial charge in [-0.05, 0) is 86.0 Å². The van der Waals surface area contributed by atoms with Gasteiger partial charge in [-0.2, -0.15) is 0 Å². The van der Waals surface area contributed by atoms with E-state index in [2.05, 4.69) is 53.9 Å². The van der Waals surface area contributed by atoms with E-state index >= 15 is 0 Å². The number of aromatic amines is 1. The van der Waals surface area contributed by atoms with E-state index in [1.54, 1.807) is 0 Å². The van der Waals surface area contributed by atoms with Gasteiger partial charge in [-0.1, -0.05) is 32.0 Å². The third kappa shape index (κ3) is 5.93. The van der Waals surface area contributed by atoms with Gasteiger partial charge in [0.2, 0.25) is 0 Å². The first-order valence-electron chi connectivity index (χ1n) is 10.9. The molecule has 1 heterocycles. The second kappa shape index (κ2) is 10.6. The number of fused-ring (bicyclic) bond motifs is 1. The highest BCUT2D eigenvalue weighted by atomic mass is 32.1. The number of benzene rings is 2. The van der Waals surface area contributed by atoms with E-state index in [-0.39, 0.29) is 5.56 Å². The maximum atomic E-state index is 12.8. The first-order valence-corrected chi connectivity index (χ1v) is 11.3. The topological polar surface area (TPSA) is 51.4 Å². The highest BCUT2D eigenvalue weighted by Crippen LogP contribution is 2.18. The number of aromatic nitrogens is 1. The molecule has 2 aromatic carbocycles. The Hall–Kier alpha value is -2.70. The van der Waals surface area contributed by atoms with Crippen LogP contribution in [-0.2, 0) is 6.54 Å². The van der Waals surface area contributed by atoms with Crippen molar-refractivity contribution < 1.29 is 0 Å². The second-order valence-electron chi connectivity index (χ2n) is 7.89. The predicted molar refractivity (Wildman–Crippen MR) is 135 cm³/mol. The Balaban J connectivity index is 1.87. The predicted octanol–water partition coefficient (Wildman–Crippen LogP) is 4.69. The van der Waals surface area contributed by atoms with Crippen molar-refractivity contribution in [2.75, 3.05) is 31.5 Å². The fraction of sp³-hybridized carbons (Fsp3) is 0.360. The Kier molecular flexibility index (Phi) is 7.82. The van der Waals surface area contributed by atoms with Crippen LogP contribution < -0.4 is 10.9 Å². The minimum atomic E-state index is -0.0638. The molecule has 6 heteroatoms. The number of anilines is 1. The van der Waals surface area contributed by atoms with Gasteiger partial charge < -0.3 is 20.1 Å². The van der Waals surface area contributed by atoms with Crippen molar-refractivity contribution in [2.45, 2.75) is 34.2 Å². The smallest absolute Gasteiger partial charge is 0.253 e. The number of likely N-dealkylation sites (N-methyl/N-ethyl adjacent to an activating group) is 1. The number of aryl methyl sites for hydroxylation is 2. The molecular weight excluding hydrogens is 404 g/mol. The van der Waals surface area contributed by atoms with Crippen molar-refractivity contribution in [1.29, 1.82) is 0 Å². The van der Waals surface area contributed by atoms with Crippen molar-refractivity contribution >= 4 is 33.9 Å². The fourth-order valence-corrected chi connectivity index (χ4v) is 3.90. The fourth-order valence-electron chi connectivity index (χ4n) is 3.62. The zero-order chi connectivity index (χ0) is 22.4. The van der Waals surface area contributed by atoms with Gasteiger partial charge in [0.15, 0.2) is 5.11 Å². The normalized spacial score (nSPS) is 11.1. The molecule has 3 rings (SSSR count).